The molecule has 4 aromatic rings. The van der Waals surface area contributed by atoms with E-state index in [1.807, 2.05) is 0 Å². The Morgan fingerprint density at radius 2 is 2.04 bits per heavy atom. The molecule has 1 amide bonds. The standard InChI is InChI=1S/C38H41F2N7O4/c1-5-23-18-46-25(17-41-23)20-49-35-30-33(31(40)32(42-35)27-10-7-9-22-11-12-28(39)26(6-2)29(22)27)43-36(44-34(30)46)51-21-38-14-8-16-47(38)24(13-15-38)19-50-37(48)45(3)4/h2,7,9-12,23-25,41H,5,8,13-21H2,1,3-4H3/t23-,24+,25+,38-/m1/s1. The van der Waals surface area contributed by atoms with E-state index in [1.54, 1.807) is 38.4 Å². The van der Waals surface area contributed by atoms with Crippen LogP contribution in [0.1, 0.15) is 44.6 Å². The monoisotopic (exact) mass is 697 g/mol. The molecule has 13 heteroatoms. The zero-order valence-corrected chi connectivity index (χ0v) is 29.0. The largest absolute Gasteiger partial charge is 0.475 e. The van der Waals surface area contributed by atoms with E-state index in [2.05, 4.69) is 28.0 Å². The molecule has 0 aliphatic carbocycles. The Labute approximate surface area is 295 Å². The van der Waals surface area contributed by atoms with Crippen LogP contribution < -0.4 is 19.7 Å². The number of piperazine rings is 1. The van der Waals surface area contributed by atoms with Crippen molar-refractivity contribution < 1.29 is 27.8 Å². The van der Waals surface area contributed by atoms with Crippen molar-refractivity contribution in [3.63, 3.8) is 0 Å². The van der Waals surface area contributed by atoms with E-state index in [0.29, 0.717) is 60.5 Å². The van der Waals surface area contributed by atoms with Gasteiger partial charge in [-0.1, -0.05) is 37.1 Å². The number of nitrogens with zero attached hydrogens (tertiary/aromatic N) is 6. The number of pyridine rings is 1. The molecule has 3 saturated heterocycles. The first-order chi connectivity index (χ1) is 24.7. The van der Waals surface area contributed by atoms with Gasteiger partial charge >= 0.3 is 12.1 Å². The van der Waals surface area contributed by atoms with Gasteiger partial charge in [0.15, 0.2) is 5.82 Å². The third-order valence-electron chi connectivity index (χ3n) is 11.1. The first-order valence-electron chi connectivity index (χ1n) is 17.7. The maximum Gasteiger partial charge on any atom is 0.409 e. The van der Waals surface area contributed by atoms with Crippen LogP contribution in [0.5, 0.6) is 11.9 Å². The Morgan fingerprint density at radius 3 is 2.84 bits per heavy atom. The average Bonchev–Trinajstić information content (AvgIpc) is 3.67. The highest BCUT2D eigenvalue weighted by atomic mass is 19.1. The lowest BCUT2D eigenvalue weighted by atomic mass is 9.95. The Balaban J connectivity index is 1.22. The lowest BCUT2D eigenvalue weighted by molar-refractivity contribution is 0.0484. The molecule has 11 nitrogen and oxygen atoms in total. The van der Waals surface area contributed by atoms with Crippen molar-refractivity contribution in [2.24, 2.45) is 0 Å². The number of anilines is 1. The molecule has 1 N–H and O–H groups in total. The van der Waals surface area contributed by atoms with Gasteiger partial charge in [0.2, 0.25) is 5.88 Å². The van der Waals surface area contributed by atoms with Gasteiger partial charge in [-0.15, -0.1) is 6.42 Å². The minimum Gasteiger partial charge on any atom is -0.475 e. The summed E-state index contributed by atoms with van der Waals surface area (Å²) in [6, 6.07) is 8.42. The van der Waals surface area contributed by atoms with Crippen LogP contribution in [0.4, 0.5) is 19.4 Å². The molecule has 0 spiro atoms. The molecule has 0 unspecified atom stereocenters. The summed E-state index contributed by atoms with van der Waals surface area (Å²) >= 11 is 0. The number of aromatic nitrogens is 3. The van der Waals surface area contributed by atoms with E-state index in [0.717, 1.165) is 38.6 Å². The smallest absolute Gasteiger partial charge is 0.409 e. The SMILES string of the molecule is C#Cc1c(F)ccc2cccc(-c3nc4c5c(nc(OC[C@]67CCCN6[C@H](COC(=O)N(C)C)CC7)nc5c3F)N3C[C@@H](CC)NC[C@H]3CO4)c12. The molecule has 6 heterocycles. The number of hydrogen-bond acceptors (Lipinski definition) is 10. The van der Waals surface area contributed by atoms with Crippen LogP contribution in [0.3, 0.4) is 0 Å². The lowest BCUT2D eigenvalue weighted by Gasteiger charge is -2.39. The second kappa shape index (κ2) is 13.1. The van der Waals surface area contributed by atoms with Crippen LogP contribution in [-0.2, 0) is 4.74 Å². The molecule has 2 aromatic heterocycles. The minimum atomic E-state index is -0.699. The fourth-order valence-corrected chi connectivity index (χ4v) is 8.36. The minimum absolute atomic E-state index is 0.0126. The number of terminal acetylenes is 1. The number of hydrogen-bond donors (Lipinski definition) is 1. The lowest BCUT2D eigenvalue weighted by Crippen LogP contribution is -2.58. The van der Waals surface area contributed by atoms with E-state index in [1.165, 1.54) is 11.0 Å². The van der Waals surface area contributed by atoms with Crippen molar-refractivity contribution in [3.05, 3.63) is 47.5 Å². The maximum absolute atomic E-state index is 17.1. The quantitative estimate of drug-likeness (QED) is 0.262. The number of benzene rings is 2. The zero-order chi connectivity index (χ0) is 35.4. The predicted molar refractivity (Wildman–Crippen MR) is 189 cm³/mol. The molecule has 0 bridgehead atoms. The van der Waals surface area contributed by atoms with Gasteiger partial charge in [0, 0.05) is 50.2 Å². The molecule has 3 fully saturated rings. The second-order valence-electron chi connectivity index (χ2n) is 14.2. The Morgan fingerprint density at radius 1 is 1.18 bits per heavy atom. The first kappa shape index (κ1) is 33.3. The molecule has 8 rings (SSSR count). The van der Waals surface area contributed by atoms with E-state index in [9.17, 15) is 9.18 Å². The van der Waals surface area contributed by atoms with Crippen LogP contribution >= 0.6 is 0 Å². The van der Waals surface area contributed by atoms with E-state index < -0.39 is 11.6 Å². The Kier molecular flexibility index (Phi) is 8.55. The fraction of sp³-hybridized carbons (Fsp3) is 0.474. The van der Waals surface area contributed by atoms with Crippen molar-refractivity contribution in [1.82, 2.24) is 30.1 Å². The summed E-state index contributed by atoms with van der Waals surface area (Å²) < 4.78 is 50.5. The van der Waals surface area contributed by atoms with Crippen molar-refractivity contribution in [3.8, 4) is 35.5 Å². The van der Waals surface area contributed by atoms with E-state index in [4.69, 9.17) is 35.6 Å². The van der Waals surface area contributed by atoms with E-state index in [-0.39, 0.29) is 58.4 Å². The number of fused-ring (bicyclic) bond motifs is 4. The average molecular weight is 698 g/mol. The summed E-state index contributed by atoms with van der Waals surface area (Å²) in [6.07, 6.45) is 9.95. The highest BCUT2D eigenvalue weighted by Gasteiger charge is 2.50. The fourth-order valence-electron chi connectivity index (χ4n) is 8.36. The highest BCUT2D eigenvalue weighted by molar-refractivity contribution is 6.03. The van der Waals surface area contributed by atoms with Crippen LogP contribution in [0.2, 0.25) is 0 Å². The summed E-state index contributed by atoms with van der Waals surface area (Å²) in [6.45, 7) is 5.18. The maximum atomic E-state index is 17.1. The number of nitrogens with one attached hydrogen (secondary N) is 1. The zero-order valence-electron chi connectivity index (χ0n) is 29.0. The van der Waals surface area contributed by atoms with Gasteiger partial charge in [0.25, 0.3) is 0 Å². The molecular formula is C38H41F2N7O4. The van der Waals surface area contributed by atoms with Gasteiger partial charge in [-0.25, -0.2) is 18.6 Å². The van der Waals surface area contributed by atoms with Crippen molar-refractivity contribution in [2.75, 3.05) is 58.5 Å². The molecule has 0 saturated carbocycles. The first-order valence-corrected chi connectivity index (χ1v) is 17.7. The van der Waals surface area contributed by atoms with Gasteiger partial charge in [-0.3, -0.25) is 4.90 Å². The van der Waals surface area contributed by atoms with Crippen LogP contribution in [0.15, 0.2) is 30.3 Å². The van der Waals surface area contributed by atoms with Gasteiger partial charge in [-0.05, 0) is 50.1 Å². The van der Waals surface area contributed by atoms with Crippen LogP contribution in [0.25, 0.3) is 32.9 Å². The normalized spacial score (nSPS) is 24.1. The predicted octanol–water partition coefficient (Wildman–Crippen LogP) is 5.13. The second-order valence-corrected chi connectivity index (χ2v) is 14.2. The van der Waals surface area contributed by atoms with E-state index >= 15 is 4.39 Å². The number of carbonyl (C=O) groups excluding carboxylic acids is 1. The van der Waals surface area contributed by atoms with Crippen LogP contribution in [-0.4, -0.2) is 108 Å². The number of carbonyl (C=O) groups is 1. The summed E-state index contributed by atoms with van der Waals surface area (Å²) in [4.78, 5) is 32.6. The Hall–Kier alpha value is -4.80. The van der Waals surface area contributed by atoms with Crippen molar-refractivity contribution in [2.45, 2.75) is 62.7 Å². The van der Waals surface area contributed by atoms with Crippen molar-refractivity contribution >= 4 is 33.6 Å². The van der Waals surface area contributed by atoms with Gasteiger partial charge in [0.1, 0.15) is 48.1 Å². The molecule has 51 heavy (non-hydrogen) atoms. The molecule has 266 valence electrons. The molecule has 2 aromatic carbocycles. The highest BCUT2D eigenvalue weighted by Crippen LogP contribution is 2.45. The molecular weight excluding hydrogens is 656 g/mol. The summed E-state index contributed by atoms with van der Waals surface area (Å²) in [7, 11) is 3.34. The number of ether oxygens (including phenoxy) is 3. The third-order valence-corrected chi connectivity index (χ3v) is 11.1. The van der Waals surface area contributed by atoms with Crippen molar-refractivity contribution in [1.29, 1.82) is 0 Å². The van der Waals surface area contributed by atoms with Gasteiger partial charge in [0.05, 0.1) is 17.1 Å². The molecule has 4 aliphatic heterocycles. The summed E-state index contributed by atoms with van der Waals surface area (Å²) in [5, 5.41) is 5.00. The number of rotatable bonds is 7. The van der Waals surface area contributed by atoms with Crippen LogP contribution in [0, 0.1) is 24.0 Å². The Bertz CT molecular complexity index is 2070. The summed E-state index contributed by atoms with van der Waals surface area (Å²) in [5.74, 6) is 1.89. The number of amides is 1. The molecule has 4 atom stereocenters. The van der Waals surface area contributed by atoms with Gasteiger partial charge in [-0.2, -0.15) is 9.97 Å². The third kappa shape index (κ3) is 5.65. The topological polar surface area (TPSA) is 105 Å². The van der Waals surface area contributed by atoms with Gasteiger partial charge < -0.3 is 29.3 Å². The molecule has 4 aliphatic rings. The summed E-state index contributed by atoms with van der Waals surface area (Å²) in [5.41, 5.74) is 0.0600. The molecule has 0 radical (unpaired) electrons. The number of halogens is 2.